The molecule has 0 radical (unpaired) electrons. The third kappa shape index (κ3) is 5.03. The van der Waals surface area contributed by atoms with Gasteiger partial charge < -0.3 is 15.0 Å². The van der Waals surface area contributed by atoms with Gasteiger partial charge in [-0.3, -0.25) is 4.79 Å². The number of thioether (sulfide) groups is 1. The highest BCUT2D eigenvalue weighted by molar-refractivity contribution is 7.98. The van der Waals surface area contributed by atoms with Crippen LogP contribution in [0, 0.1) is 0 Å². The normalized spacial score (nSPS) is 12.4. The van der Waals surface area contributed by atoms with E-state index in [2.05, 4.69) is 28.2 Å². The molecule has 4 nitrogen and oxygen atoms in total. The zero-order valence-corrected chi connectivity index (χ0v) is 17.8. The summed E-state index contributed by atoms with van der Waals surface area (Å²) in [5.74, 6) is -0.00779. The monoisotopic (exact) mass is 436 g/mol. The Kier molecular flexibility index (Phi) is 7.30. The standard InChI is InChI=1S/C21H22Cl2N2O2S/c1-28-9-8-19(21(26)27)24-11-15-13-25(20-5-3-2-4-17(15)20)12-14-6-7-16(22)10-18(14)23/h2-7,10,13,19,24H,8-9,11-12H2,1H3,(H,26,27). The number of fused-ring (bicyclic) bond motifs is 1. The van der Waals surface area contributed by atoms with Crippen molar-refractivity contribution in [1.29, 1.82) is 0 Å². The largest absolute Gasteiger partial charge is 0.480 e. The summed E-state index contributed by atoms with van der Waals surface area (Å²) in [5.41, 5.74) is 3.13. The van der Waals surface area contributed by atoms with Crippen LogP contribution in [0.2, 0.25) is 10.0 Å². The van der Waals surface area contributed by atoms with Crippen LogP contribution in [-0.2, 0) is 17.9 Å². The van der Waals surface area contributed by atoms with Crippen molar-refractivity contribution in [2.24, 2.45) is 0 Å². The molecule has 0 spiro atoms. The molecule has 3 aromatic rings. The number of aromatic nitrogens is 1. The average Bonchev–Trinajstić information content (AvgIpc) is 3.01. The number of rotatable bonds is 9. The first-order valence-corrected chi connectivity index (χ1v) is 11.1. The first kappa shape index (κ1) is 21.1. The topological polar surface area (TPSA) is 54.3 Å². The van der Waals surface area contributed by atoms with Crippen molar-refractivity contribution < 1.29 is 9.90 Å². The first-order chi connectivity index (χ1) is 13.5. The molecule has 0 saturated heterocycles. The van der Waals surface area contributed by atoms with Gasteiger partial charge in [-0.2, -0.15) is 11.8 Å². The van der Waals surface area contributed by atoms with Gasteiger partial charge in [0.15, 0.2) is 0 Å². The van der Waals surface area contributed by atoms with E-state index >= 15 is 0 Å². The predicted molar refractivity (Wildman–Crippen MR) is 119 cm³/mol. The van der Waals surface area contributed by atoms with E-state index in [1.165, 1.54) is 0 Å². The van der Waals surface area contributed by atoms with Crippen LogP contribution in [0.5, 0.6) is 0 Å². The second kappa shape index (κ2) is 9.70. The Bertz CT molecular complexity index is 974. The number of nitrogens with one attached hydrogen (secondary N) is 1. The summed E-state index contributed by atoms with van der Waals surface area (Å²) in [4.78, 5) is 11.5. The Balaban J connectivity index is 1.85. The second-order valence-electron chi connectivity index (χ2n) is 6.59. The molecular weight excluding hydrogens is 415 g/mol. The Morgan fingerprint density at radius 1 is 1.21 bits per heavy atom. The fourth-order valence-electron chi connectivity index (χ4n) is 3.21. The Hall–Kier alpha value is -1.66. The molecule has 1 aromatic heterocycles. The fraction of sp³-hybridized carbons (Fsp3) is 0.286. The van der Waals surface area contributed by atoms with Gasteiger partial charge in [-0.25, -0.2) is 0 Å². The number of halogens is 2. The van der Waals surface area contributed by atoms with Crippen molar-refractivity contribution in [3.05, 3.63) is 69.8 Å². The van der Waals surface area contributed by atoms with Crippen LogP contribution in [0.1, 0.15) is 17.5 Å². The molecule has 0 bridgehead atoms. The van der Waals surface area contributed by atoms with Crippen molar-refractivity contribution in [2.45, 2.75) is 25.6 Å². The van der Waals surface area contributed by atoms with Crippen LogP contribution >= 0.6 is 35.0 Å². The van der Waals surface area contributed by atoms with Gasteiger partial charge in [0, 0.05) is 40.2 Å². The lowest BCUT2D eigenvalue weighted by Crippen LogP contribution is -2.36. The lowest BCUT2D eigenvalue weighted by molar-refractivity contribution is -0.139. The smallest absolute Gasteiger partial charge is 0.320 e. The van der Waals surface area contributed by atoms with Crippen LogP contribution in [0.4, 0.5) is 0 Å². The number of benzene rings is 2. The van der Waals surface area contributed by atoms with E-state index in [9.17, 15) is 9.90 Å². The van der Waals surface area contributed by atoms with Gasteiger partial charge in [0.05, 0.1) is 0 Å². The van der Waals surface area contributed by atoms with E-state index in [1.54, 1.807) is 17.8 Å². The lowest BCUT2D eigenvalue weighted by Gasteiger charge is -2.13. The molecule has 0 saturated carbocycles. The number of aliphatic carboxylic acids is 1. The molecule has 0 aliphatic heterocycles. The summed E-state index contributed by atoms with van der Waals surface area (Å²) in [6.45, 7) is 1.11. The molecule has 2 aromatic carbocycles. The highest BCUT2D eigenvalue weighted by Crippen LogP contribution is 2.26. The van der Waals surface area contributed by atoms with Crippen molar-refractivity contribution in [3.8, 4) is 0 Å². The number of para-hydroxylation sites is 1. The van der Waals surface area contributed by atoms with E-state index < -0.39 is 12.0 Å². The number of nitrogens with zero attached hydrogens (tertiary/aromatic N) is 1. The Morgan fingerprint density at radius 3 is 2.71 bits per heavy atom. The SMILES string of the molecule is CSCCC(NCc1cn(Cc2ccc(Cl)cc2Cl)c2ccccc12)C(=O)O. The fourth-order valence-corrected chi connectivity index (χ4v) is 4.15. The van der Waals surface area contributed by atoms with Gasteiger partial charge in [0.25, 0.3) is 0 Å². The van der Waals surface area contributed by atoms with Crippen molar-refractivity contribution >= 4 is 51.8 Å². The highest BCUT2D eigenvalue weighted by Gasteiger charge is 2.17. The number of hydrogen-bond donors (Lipinski definition) is 2. The maximum atomic E-state index is 11.5. The van der Waals surface area contributed by atoms with Crippen LogP contribution in [0.15, 0.2) is 48.7 Å². The van der Waals surface area contributed by atoms with Crippen molar-refractivity contribution in [1.82, 2.24) is 9.88 Å². The molecule has 3 rings (SSSR count). The highest BCUT2D eigenvalue weighted by atomic mass is 35.5. The molecule has 148 valence electrons. The minimum atomic E-state index is -0.814. The third-order valence-corrected chi connectivity index (χ3v) is 5.91. The molecule has 28 heavy (non-hydrogen) atoms. The predicted octanol–water partition coefficient (Wildman–Crippen LogP) is 5.29. The molecule has 0 aliphatic carbocycles. The Labute approximate surface area is 178 Å². The lowest BCUT2D eigenvalue weighted by atomic mass is 10.1. The molecule has 1 heterocycles. The molecular formula is C21H22Cl2N2O2S. The van der Waals surface area contributed by atoms with Gasteiger partial charge >= 0.3 is 5.97 Å². The third-order valence-electron chi connectivity index (χ3n) is 4.67. The van der Waals surface area contributed by atoms with Gasteiger partial charge in [-0.15, -0.1) is 0 Å². The van der Waals surface area contributed by atoms with Gasteiger partial charge in [-0.05, 0) is 47.8 Å². The quantitative estimate of drug-likeness (QED) is 0.478. The number of hydrogen-bond acceptors (Lipinski definition) is 3. The zero-order valence-electron chi connectivity index (χ0n) is 15.5. The summed E-state index contributed by atoms with van der Waals surface area (Å²) >= 11 is 14.0. The van der Waals surface area contributed by atoms with E-state index in [0.29, 0.717) is 29.6 Å². The van der Waals surface area contributed by atoms with E-state index in [0.717, 1.165) is 27.8 Å². The van der Waals surface area contributed by atoms with Gasteiger partial charge in [0.2, 0.25) is 0 Å². The molecule has 1 atom stereocenters. The van der Waals surface area contributed by atoms with E-state index in [-0.39, 0.29) is 0 Å². The van der Waals surface area contributed by atoms with Crippen molar-refractivity contribution in [2.75, 3.05) is 12.0 Å². The van der Waals surface area contributed by atoms with Crippen LogP contribution in [-0.4, -0.2) is 33.7 Å². The molecule has 7 heteroatoms. The summed E-state index contributed by atoms with van der Waals surface area (Å²) < 4.78 is 2.14. The van der Waals surface area contributed by atoms with Crippen molar-refractivity contribution in [3.63, 3.8) is 0 Å². The Morgan fingerprint density at radius 2 is 2.00 bits per heavy atom. The van der Waals surface area contributed by atoms with Crippen LogP contribution < -0.4 is 5.32 Å². The maximum Gasteiger partial charge on any atom is 0.320 e. The number of carbonyl (C=O) groups is 1. The maximum absolute atomic E-state index is 11.5. The molecule has 0 fully saturated rings. The summed E-state index contributed by atoms with van der Waals surface area (Å²) in [6.07, 6.45) is 4.64. The van der Waals surface area contributed by atoms with E-state index in [1.807, 2.05) is 30.5 Å². The molecule has 0 aliphatic rings. The minimum Gasteiger partial charge on any atom is -0.480 e. The zero-order chi connectivity index (χ0) is 20.1. The van der Waals surface area contributed by atoms with Crippen LogP contribution in [0.3, 0.4) is 0 Å². The molecule has 1 unspecified atom stereocenters. The van der Waals surface area contributed by atoms with Crippen LogP contribution in [0.25, 0.3) is 10.9 Å². The summed E-state index contributed by atoms with van der Waals surface area (Å²) in [6, 6.07) is 13.1. The minimum absolute atomic E-state index is 0.493. The molecule has 2 N–H and O–H groups in total. The number of carboxylic acids is 1. The summed E-state index contributed by atoms with van der Waals surface area (Å²) in [7, 11) is 0. The van der Waals surface area contributed by atoms with Gasteiger partial charge in [0.1, 0.15) is 6.04 Å². The number of carboxylic acid groups (broad SMARTS) is 1. The average molecular weight is 437 g/mol. The summed E-state index contributed by atoms with van der Waals surface area (Å²) in [5, 5.41) is 15.0. The van der Waals surface area contributed by atoms with E-state index in [4.69, 9.17) is 23.2 Å². The second-order valence-corrected chi connectivity index (χ2v) is 8.42. The molecule has 0 amide bonds. The first-order valence-electron chi connectivity index (χ1n) is 8.95. The van der Waals surface area contributed by atoms with Gasteiger partial charge in [-0.1, -0.05) is 47.5 Å².